The van der Waals surface area contributed by atoms with Crippen molar-refractivity contribution in [3.05, 3.63) is 35.1 Å². The molecule has 0 radical (unpaired) electrons. The summed E-state index contributed by atoms with van der Waals surface area (Å²) in [5, 5.41) is 6.95. The zero-order chi connectivity index (χ0) is 8.43. The maximum Gasteiger partial charge on any atom is 0.128 e. The molecule has 3 heteroatoms. The first-order valence-corrected chi connectivity index (χ1v) is 3.49. The van der Waals surface area contributed by atoms with Crippen molar-refractivity contribution >= 4 is 16.8 Å². The summed E-state index contributed by atoms with van der Waals surface area (Å²) in [6.45, 7) is 1.78. The van der Waals surface area contributed by atoms with Crippen LogP contribution < -0.4 is 0 Å². The van der Waals surface area contributed by atoms with Gasteiger partial charge in [0.2, 0.25) is 0 Å². The van der Waals surface area contributed by atoms with Crippen LogP contribution in [-0.4, -0.2) is 5.17 Å². The second kappa shape index (κ2) is 3.01. The summed E-state index contributed by atoms with van der Waals surface area (Å²) in [5.74, 6) is -0.365. The molecule has 0 heterocycles. The Bertz CT molecular complexity index is 296. The Kier molecular flexibility index (Phi) is 2.25. The first-order valence-electron chi connectivity index (χ1n) is 3.12. The Morgan fingerprint density at radius 1 is 1.55 bits per heavy atom. The fraction of sp³-hybridized carbons (Fsp3) is 0.125. The second-order valence-electron chi connectivity index (χ2n) is 2.27. The lowest BCUT2D eigenvalue weighted by molar-refractivity contribution is 0.627. The maximum atomic E-state index is 12.6. The maximum absolute atomic E-state index is 12.6. The van der Waals surface area contributed by atoms with E-state index in [4.69, 9.17) is 17.0 Å². The minimum atomic E-state index is -0.365. The molecule has 0 aromatic heterocycles. The molecule has 1 aromatic carbocycles. The summed E-state index contributed by atoms with van der Waals surface area (Å²) in [6.07, 6.45) is 0. The molecule has 0 atom stereocenters. The highest BCUT2D eigenvalue weighted by molar-refractivity contribution is 6.68. The van der Waals surface area contributed by atoms with Crippen LogP contribution in [0.25, 0.3) is 0 Å². The number of benzene rings is 1. The number of rotatable bonds is 1. The summed E-state index contributed by atoms with van der Waals surface area (Å²) in [7, 11) is 0. The van der Waals surface area contributed by atoms with Crippen molar-refractivity contribution in [3.63, 3.8) is 0 Å². The van der Waals surface area contributed by atoms with E-state index in [0.717, 1.165) is 5.56 Å². The van der Waals surface area contributed by atoms with Gasteiger partial charge in [-0.3, -0.25) is 5.41 Å². The number of nitrogens with one attached hydrogen (secondary N) is 1. The van der Waals surface area contributed by atoms with Gasteiger partial charge < -0.3 is 0 Å². The molecule has 0 unspecified atom stereocenters. The Labute approximate surface area is 69.3 Å². The molecule has 0 saturated carbocycles. The molecule has 1 rings (SSSR count). The fourth-order valence-electron chi connectivity index (χ4n) is 0.831. The predicted octanol–water partition coefficient (Wildman–Crippen LogP) is 2.70. The van der Waals surface area contributed by atoms with Crippen molar-refractivity contribution in [2.24, 2.45) is 0 Å². The molecule has 0 aliphatic rings. The van der Waals surface area contributed by atoms with E-state index in [1.54, 1.807) is 13.0 Å². The van der Waals surface area contributed by atoms with E-state index in [2.05, 4.69) is 0 Å². The van der Waals surface area contributed by atoms with Gasteiger partial charge in [-0.15, -0.1) is 0 Å². The highest BCUT2D eigenvalue weighted by atomic mass is 35.5. The molecule has 58 valence electrons. The van der Waals surface area contributed by atoms with Gasteiger partial charge in [0, 0.05) is 5.56 Å². The highest BCUT2D eigenvalue weighted by Crippen LogP contribution is 2.12. The van der Waals surface area contributed by atoms with Crippen LogP contribution in [-0.2, 0) is 0 Å². The smallest absolute Gasteiger partial charge is 0.128 e. The SMILES string of the molecule is Cc1ccc(F)cc1C(=N)Cl. The molecular formula is C8H7ClFN. The van der Waals surface area contributed by atoms with Crippen LogP contribution in [0.4, 0.5) is 4.39 Å². The normalized spacial score (nSPS) is 9.73. The van der Waals surface area contributed by atoms with E-state index in [1.807, 2.05) is 0 Å². The number of halogens is 2. The largest absolute Gasteiger partial charge is 0.289 e. The third kappa shape index (κ3) is 1.77. The van der Waals surface area contributed by atoms with Crippen molar-refractivity contribution in [1.82, 2.24) is 0 Å². The third-order valence-electron chi connectivity index (χ3n) is 1.44. The first kappa shape index (κ1) is 8.21. The van der Waals surface area contributed by atoms with Gasteiger partial charge in [-0.2, -0.15) is 0 Å². The summed E-state index contributed by atoms with van der Waals surface area (Å²) in [4.78, 5) is 0. The molecule has 0 fully saturated rings. The third-order valence-corrected chi connectivity index (χ3v) is 1.64. The van der Waals surface area contributed by atoms with Gasteiger partial charge in [-0.05, 0) is 24.6 Å². The Morgan fingerprint density at radius 3 is 2.64 bits per heavy atom. The predicted molar refractivity (Wildman–Crippen MR) is 43.8 cm³/mol. The van der Waals surface area contributed by atoms with Crippen molar-refractivity contribution in [1.29, 1.82) is 5.41 Å². The molecule has 1 N–H and O–H groups in total. The van der Waals surface area contributed by atoms with E-state index in [9.17, 15) is 4.39 Å². The minimum absolute atomic E-state index is 0.123. The number of hydrogen-bond donors (Lipinski definition) is 1. The zero-order valence-electron chi connectivity index (χ0n) is 5.99. The van der Waals surface area contributed by atoms with Gasteiger partial charge in [0.25, 0.3) is 0 Å². The van der Waals surface area contributed by atoms with Crippen LogP contribution in [0.15, 0.2) is 18.2 Å². The van der Waals surface area contributed by atoms with Crippen LogP contribution in [0, 0.1) is 18.2 Å². The Morgan fingerprint density at radius 2 is 2.18 bits per heavy atom. The van der Waals surface area contributed by atoms with Crippen LogP contribution in [0.1, 0.15) is 11.1 Å². The standard InChI is InChI=1S/C8H7ClFN/c1-5-2-3-6(10)4-7(5)8(9)11/h2-4,11H,1H3. The van der Waals surface area contributed by atoms with Crippen molar-refractivity contribution < 1.29 is 4.39 Å². The molecule has 0 aliphatic heterocycles. The van der Waals surface area contributed by atoms with Gasteiger partial charge in [-0.25, -0.2) is 4.39 Å². The number of aryl methyl sites for hydroxylation is 1. The quantitative estimate of drug-likeness (QED) is 0.629. The van der Waals surface area contributed by atoms with E-state index in [0.29, 0.717) is 5.56 Å². The monoisotopic (exact) mass is 171 g/mol. The van der Waals surface area contributed by atoms with Crippen molar-refractivity contribution in [2.45, 2.75) is 6.92 Å². The summed E-state index contributed by atoms with van der Waals surface area (Å²) in [5.41, 5.74) is 1.26. The first-order chi connectivity index (χ1) is 5.11. The Hall–Kier alpha value is -0.890. The minimum Gasteiger partial charge on any atom is -0.289 e. The lowest BCUT2D eigenvalue weighted by atomic mass is 10.1. The van der Waals surface area contributed by atoms with Crippen LogP contribution in [0.5, 0.6) is 0 Å². The van der Waals surface area contributed by atoms with Crippen LogP contribution >= 0.6 is 11.6 Å². The average molecular weight is 172 g/mol. The summed E-state index contributed by atoms with van der Waals surface area (Å²) in [6, 6.07) is 4.20. The molecule has 11 heavy (non-hydrogen) atoms. The van der Waals surface area contributed by atoms with Crippen molar-refractivity contribution in [3.8, 4) is 0 Å². The van der Waals surface area contributed by atoms with Gasteiger partial charge in [0.15, 0.2) is 0 Å². The Balaban J connectivity index is 3.23. The second-order valence-corrected chi connectivity index (χ2v) is 2.65. The van der Waals surface area contributed by atoms with E-state index >= 15 is 0 Å². The van der Waals surface area contributed by atoms with Gasteiger partial charge in [0.05, 0.1) is 0 Å². The molecule has 0 spiro atoms. The van der Waals surface area contributed by atoms with E-state index in [-0.39, 0.29) is 11.0 Å². The summed E-state index contributed by atoms with van der Waals surface area (Å²) >= 11 is 5.40. The van der Waals surface area contributed by atoms with Crippen LogP contribution in [0.2, 0.25) is 0 Å². The van der Waals surface area contributed by atoms with Crippen molar-refractivity contribution in [2.75, 3.05) is 0 Å². The van der Waals surface area contributed by atoms with Crippen LogP contribution in [0.3, 0.4) is 0 Å². The number of hydrogen-bond acceptors (Lipinski definition) is 1. The zero-order valence-corrected chi connectivity index (χ0v) is 6.74. The fourth-order valence-corrected chi connectivity index (χ4v) is 1.03. The molecule has 1 nitrogen and oxygen atoms in total. The van der Waals surface area contributed by atoms with Gasteiger partial charge in [-0.1, -0.05) is 17.7 Å². The lowest BCUT2D eigenvalue weighted by Gasteiger charge is -2.00. The molecular weight excluding hydrogens is 165 g/mol. The van der Waals surface area contributed by atoms with Gasteiger partial charge >= 0.3 is 0 Å². The van der Waals surface area contributed by atoms with E-state index in [1.165, 1.54) is 12.1 Å². The summed E-state index contributed by atoms with van der Waals surface area (Å²) < 4.78 is 12.6. The molecule has 1 aromatic rings. The lowest BCUT2D eigenvalue weighted by Crippen LogP contribution is -1.93. The molecule has 0 amide bonds. The molecule has 0 saturated heterocycles. The molecule has 0 aliphatic carbocycles. The molecule has 0 bridgehead atoms. The van der Waals surface area contributed by atoms with E-state index < -0.39 is 0 Å². The topological polar surface area (TPSA) is 23.9 Å². The average Bonchev–Trinajstić information content (AvgIpc) is 1.94. The van der Waals surface area contributed by atoms with Gasteiger partial charge in [0.1, 0.15) is 11.0 Å². The highest BCUT2D eigenvalue weighted by Gasteiger charge is 2.02.